The first-order chi connectivity index (χ1) is 12.5. The van der Waals surface area contributed by atoms with Gasteiger partial charge < -0.3 is 4.74 Å². The third-order valence-corrected chi connectivity index (χ3v) is 4.67. The van der Waals surface area contributed by atoms with E-state index in [1.807, 2.05) is 0 Å². The van der Waals surface area contributed by atoms with Gasteiger partial charge in [-0.1, -0.05) is 12.1 Å². The predicted molar refractivity (Wildman–Crippen MR) is 94.8 cm³/mol. The van der Waals surface area contributed by atoms with Crippen molar-refractivity contribution in [3.63, 3.8) is 0 Å². The van der Waals surface area contributed by atoms with E-state index in [0.717, 1.165) is 0 Å². The third-order valence-electron chi connectivity index (χ3n) is 4.67. The Kier molecular flexibility index (Phi) is 5.62. The Hall–Kier alpha value is -2.84. The zero-order chi connectivity index (χ0) is 20.4. The molecule has 0 spiro atoms. The van der Waals surface area contributed by atoms with E-state index in [-0.39, 0.29) is 24.3 Å². The minimum atomic E-state index is -1.66. The van der Waals surface area contributed by atoms with Crippen molar-refractivity contribution in [2.24, 2.45) is 5.41 Å². The molecule has 146 valence electrons. The molecule has 0 radical (unpaired) electrons. The molecule has 2 atom stereocenters. The summed E-state index contributed by atoms with van der Waals surface area (Å²) in [6.45, 7) is 4.33. The van der Waals surface area contributed by atoms with Crippen LogP contribution in [-0.4, -0.2) is 33.7 Å². The van der Waals surface area contributed by atoms with E-state index in [1.165, 1.54) is 24.3 Å². The van der Waals surface area contributed by atoms with Crippen LogP contribution in [0.15, 0.2) is 24.3 Å². The number of ketones is 1. The molecule has 9 heteroatoms. The van der Waals surface area contributed by atoms with Gasteiger partial charge in [0.15, 0.2) is 5.78 Å². The SMILES string of the molecule is CC(C)(C)OC(=O)C1(C(C[N+](=O)[O-])c2ccc([N+](=O)[O-])cc2)CCCC1=O. The van der Waals surface area contributed by atoms with Crippen molar-refractivity contribution in [1.82, 2.24) is 0 Å². The van der Waals surface area contributed by atoms with Gasteiger partial charge >= 0.3 is 5.97 Å². The summed E-state index contributed by atoms with van der Waals surface area (Å²) in [5, 5.41) is 22.2. The maximum atomic E-state index is 13.0. The maximum Gasteiger partial charge on any atom is 0.321 e. The van der Waals surface area contributed by atoms with Crippen molar-refractivity contribution in [3.8, 4) is 0 Å². The Morgan fingerprint density at radius 3 is 2.22 bits per heavy atom. The highest BCUT2D eigenvalue weighted by Gasteiger charge is 2.58. The van der Waals surface area contributed by atoms with E-state index in [2.05, 4.69) is 0 Å². The summed E-state index contributed by atoms with van der Waals surface area (Å²) in [6.07, 6.45) is 0.718. The molecule has 1 saturated carbocycles. The lowest BCUT2D eigenvalue weighted by Gasteiger charge is -2.34. The van der Waals surface area contributed by atoms with Crippen molar-refractivity contribution >= 4 is 17.4 Å². The van der Waals surface area contributed by atoms with Crippen LogP contribution in [0.5, 0.6) is 0 Å². The second kappa shape index (κ2) is 7.42. The number of ether oxygens (including phenoxy) is 1. The standard InChI is InChI=1S/C18H22N2O7/c1-17(2,3)27-16(22)18(10-4-5-15(18)21)14(11-19(23)24)12-6-8-13(9-7-12)20(25)26/h6-9,14H,4-5,10-11H2,1-3H3. The minimum Gasteiger partial charge on any atom is -0.459 e. The Balaban J connectivity index is 2.55. The van der Waals surface area contributed by atoms with Crippen LogP contribution >= 0.6 is 0 Å². The van der Waals surface area contributed by atoms with E-state index in [9.17, 15) is 29.8 Å². The molecule has 27 heavy (non-hydrogen) atoms. The van der Waals surface area contributed by atoms with Crippen LogP contribution in [0.25, 0.3) is 0 Å². The lowest BCUT2D eigenvalue weighted by Crippen LogP contribution is -2.47. The molecule has 0 aliphatic heterocycles. The van der Waals surface area contributed by atoms with Gasteiger partial charge in [0, 0.05) is 23.5 Å². The van der Waals surface area contributed by atoms with Gasteiger partial charge in [-0.15, -0.1) is 0 Å². The number of carbonyl (C=O) groups excluding carboxylic acids is 2. The second-order valence-electron chi connectivity index (χ2n) is 7.67. The van der Waals surface area contributed by atoms with Crippen molar-refractivity contribution in [2.45, 2.75) is 51.6 Å². The molecule has 0 saturated heterocycles. The summed E-state index contributed by atoms with van der Waals surface area (Å²) in [4.78, 5) is 46.8. The number of rotatable bonds is 6. The number of benzene rings is 1. The molecule has 1 aliphatic rings. The number of hydrogen-bond acceptors (Lipinski definition) is 7. The topological polar surface area (TPSA) is 130 Å². The number of hydrogen-bond donors (Lipinski definition) is 0. The Morgan fingerprint density at radius 1 is 1.22 bits per heavy atom. The molecule has 9 nitrogen and oxygen atoms in total. The van der Waals surface area contributed by atoms with Crippen molar-refractivity contribution in [2.75, 3.05) is 6.54 Å². The van der Waals surface area contributed by atoms with Gasteiger partial charge in [0.2, 0.25) is 6.54 Å². The molecule has 1 fully saturated rings. The van der Waals surface area contributed by atoms with Gasteiger partial charge in [0.1, 0.15) is 11.0 Å². The monoisotopic (exact) mass is 378 g/mol. The fourth-order valence-electron chi connectivity index (χ4n) is 3.51. The van der Waals surface area contributed by atoms with Crippen LogP contribution in [0.4, 0.5) is 5.69 Å². The van der Waals surface area contributed by atoms with Crippen LogP contribution in [-0.2, 0) is 14.3 Å². The number of carbonyl (C=O) groups is 2. The highest BCUT2D eigenvalue weighted by atomic mass is 16.6. The number of nitrogens with zero attached hydrogens (tertiary/aromatic N) is 2. The normalized spacial score (nSPS) is 20.9. The van der Waals surface area contributed by atoms with Gasteiger partial charge in [0.05, 0.1) is 10.8 Å². The molecule has 1 aliphatic carbocycles. The van der Waals surface area contributed by atoms with E-state index in [1.54, 1.807) is 20.8 Å². The summed E-state index contributed by atoms with van der Waals surface area (Å²) in [6, 6.07) is 5.16. The number of non-ortho nitro benzene ring substituents is 1. The van der Waals surface area contributed by atoms with Crippen LogP contribution in [0, 0.1) is 25.6 Å². The van der Waals surface area contributed by atoms with Crippen LogP contribution in [0.3, 0.4) is 0 Å². The average Bonchev–Trinajstić information content (AvgIpc) is 2.93. The molecule has 2 unspecified atom stereocenters. The zero-order valence-corrected chi connectivity index (χ0v) is 15.5. The summed E-state index contributed by atoms with van der Waals surface area (Å²) in [5.41, 5.74) is -2.36. The fourth-order valence-corrected chi connectivity index (χ4v) is 3.51. The van der Waals surface area contributed by atoms with Crippen molar-refractivity contribution < 1.29 is 24.2 Å². The quantitative estimate of drug-likeness (QED) is 0.322. The second-order valence-corrected chi connectivity index (χ2v) is 7.67. The Morgan fingerprint density at radius 2 is 1.81 bits per heavy atom. The smallest absolute Gasteiger partial charge is 0.321 e. The highest BCUT2D eigenvalue weighted by Crippen LogP contribution is 2.48. The highest BCUT2D eigenvalue weighted by molar-refractivity contribution is 6.06. The van der Waals surface area contributed by atoms with E-state index in [0.29, 0.717) is 12.0 Å². The molecular formula is C18H22N2O7. The fraction of sp³-hybridized carbons (Fsp3) is 0.556. The molecule has 1 aromatic carbocycles. The van der Waals surface area contributed by atoms with Gasteiger partial charge in [-0.3, -0.25) is 29.8 Å². The number of nitro groups is 2. The van der Waals surface area contributed by atoms with Gasteiger partial charge in [-0.05, 0) is 39.2 Å². The first-order valence-electron chi connectivity index (χ1n) is 8.60. The third kappa shape index (κ3) is 4.29. The Bertz CT molecular complexity index is 767. The first kappa shape index (κ1) is 20.5. The summed E-state index contributed by atoms with van der Waals surface area (Å²) >= 11 is 0. The van der Waals surface area contributed by atoms with E-state index >= 15 is 0 Å². The molecule has 1 aromatic rings. The van der Waals surface area contributed by atoms with Gasteiger partial charge in [-0.25, -0.2) is 0 Å². The van der Waals surface area contributed by atoms with Crippen LogP contribution in [0.1, 0.15) is 51.5 Å². The summed E-state index contributed by atoms with van der Waals surface area (Å²) in [5.74, 6) is -2.22. The minimum absolute atomic E-state index is 0.139. The van der Waals surface area contributed by atoms with E-state index < -0.39 is 39.3 Å². The van der Waals surface area contributed by atoms with Gasteiger partial charge in [0.25, 0.3) is 5.69 Å². The lowest BCUT2D eigenvalue weighted by atomic mass is 9.69. The molecule has 0 bridgehead atoms. The number of nitro benzene ring substituents is 1. The largest absolute Gasteiger partial charge is 0.459 e. The molecule has 0 aromatic heterocycles. The molecular weight excluding hydrogens is 356 g/mol. The van der Waals surface area contributed by atoms with Crippen LogP contribution in [0.2, 0.25) is 0 Å². The zero-order valence-electron chi connectivity index (χ0n) is 15.5. The first-order valence-corrected chi connectivity index (χ1v) is 8.60. The predicted octanol–water partition coefficient (Wildman–Crippen LogP) is 3.04. The molecule has 0 heterocycles. The Labute approximate surface area is 156 Å². The molecule has 0 N–H and O–H groups in total. The molecule has 2 rings (SSSR count). The maximum absolute atomic E-state index is 13.0. The number of Topliss-reactive ketones (excluding diaryl/α,β-unsaturated/α-hetero) is 1. The van der Waals surface area contributed by atoms with Crippen molar-refractivity contribution in [1.29, 1.82) is 0 Å². The van der Waals surface area contributed by atoms with Gasteiger partial charge in [-0.2, -0.15) is 0 Å². The van der Waals surface area contributed by atoms with Crippen LogP contribution < -0.4 is 0 Å². The molecule has 0 amide bonds. The van der Waals surface area contributed by atoms with E-state index in [4.69, 9.17) is 4.74 Å². The number of esters is 1. The van der Waals surface area contributed by atoms with Crippen molar-refractivity contribution in [3.05, 3.63) is 50.1 Å². The summed E-state index contributed by atoms with van der Waals surface area (Å²) < 4.78 is 5.45. The summed E-state index contributed by atoms with van der Waals surface area (Å²) in [7, 11) is 0. The lowest BCUT2D eigenvalue weighted by molar-refractivity contribution is -0.485. The average molecular weight is 378 g/mol.